The molecule has 0 N–H and O–H groups in total. The van der Waals surface area contributed by atoms with Crippen molar-refractivity contribution in [2.45, 2.75) is 40.2 Å². The van der Waals surface area contributed by atoms with Crippen molar-refractivity contribution in [3.05, 3.63) is 33.0 Å². The molecule has 3 rings (SSSR count). The average molecular weight is 304 g/mol. The summed E-state index contributed by atoms with van der Waals surface area (Å²) in [5.41, 5.74) is 3.04. The minimum absolute atomic E-state index is 0.113. The van der Waals surface area contributed by atoms with Gasteiger partial charge < -0.3 is 4.90 Å². The lowest BCUT2D eigenvalue weighted by Crippen LogP contribution is -2.29. The van der Waals surface area contributed by atoms with Crippen LogP contribution >= 0.6 is 11.3 Å². The maximum absolute atomic E-state index is 12.6. The lowest BCUT2D eigenvalue weighted by molar-refractivity contribution is 0.0790. The van der Waals surface area contributed by atoms with Gasteiger partial charge in [-0.25, -0.2) is 4.98 Å². The first-order chi connectivity index (χ1) is 9.95. The van der Waals surface area contributed by atoms with Crippen LogP contribution in [-0.4, -0.2) is 38.7 Å². The number of likely N-dealkylation sites (tertiary alicyclic amines) is 1. The van der Waals surface area contributed by atoms with Crippen molar-refractivity contribution in [3.63, 3.8) is 0 Å². The van der Waals surface area contributed by atoms with Gasteiger partial charge in [-0.15, -0.1) is 11.3 Å². The maximum Gasteiger partial charge on any atom is 0.265 e. The fourth-order valence-corrected chi connectivity index (χ4v) is 3.90. The number of rotatable bonds is 2. The molecule has 1 aliphatic heterocycles. The zero-order valence-corrected chi connectivity index (χ0v) is 13.7. The summed E-state index contributed by atoms with van der Waals surface area (Å²) >= 11 is 1.49. The standard InChI is InChI=1S/C15H20N4OS/c1-9-7-10(2)19(17-9)13-5-6-18(8-13)15(20)14-11(3)16-12(4)21-14/h7,13H,5-6,8H2,1-4H3. The molecule has 2 aromatic heterocycles. The van der Waals surface area contributed by atoms with Crippen LogP contribution in [0.2, 0.25) is 0 Å². The Morgan fingerprint density at radius 3 is 2.67 bits per heavy atom. The molecule has 112 valence electrons. The highest BCUT2D eigenvalue weighted by Crippen LogP contribution is 2.27. The van der Waals surface area contributed by atoms with Crippen molar-refractivity contribution in [3.8, 4) is 0 Å². The quantitative estimate of drug-likeness (QED) is 0.857. The van der Waals surface area contributed by atoms with Crippen molar-refractivity contribution < 1.29 is 4.79 Å². The van der Waals surface area contributed by atoms with Crippen molar-refractivity contribution in [1.29, 1.82) is 0 Å². The van der Waals surface area contributed by atoms with Gasteiger partial charge in [-0.3, -0.25) is 9.48 Å². The third-order valence-electron chi connectivity index (χ3n) is 3.94. The highest BCUT2D eigenvalue weighted by Gasteiger charge is 2.30. The van der Waals surface area contributed by atoms with Crippen molar-refractivity contribution >= 4 is 17.2 Å². The number of hydrogen-bond acceptors (Lipinski definition) is 4. The van der Waals surface area contributed by atoms with Gasteiger partial charge in [0.2, 0.25) is 0 Å². The van der Waals surface area contributed by atoms with E-state index in [0.717, 1.165) is 46.5 Å². The highest BCUT2D eigenvalue weighted by atomic mass is 32.1. The molecule has 2 aromatic rings. The molecule has 0 aliphatic carbocycles. The number of thiazole rings is 1. The Hall–Kier alpha value is -1.69. The van der Waals surface area contributed by atoms with Crippen LogP contribution in [0.1, 0.15) is 44.2 Å². The number of amides is 1. The lowest BCUT2D eigenvalue weighted by Gasteiger charge is -2.17. The lowest BCUT2D eigenvalue weighted by atomic mass is 10.2. The molecule has 0 bridgehead atoms. The Labute approximate surface area is 128 Å². The van der Waals surface area contributed by atoms with Gasteiger partial charge in [0, 0.05) is 18.8 Å². The summed E-state index contributed by atoms with van der Waals surface area (Å²) in [6, 6.07) is 2.37. The van der Waals surface area contributed by atoms with Crippen LogP contribution < -0.4 is 0 Å². The van der Waals surface area contributed by atoms with E-state index < -0.39 is 0 Å². The molecule has 21 heavy (non-hydrogen) atoms. The van der Waals surface area contributed by atoms with Crippen LogP contribution in [0, 0.1) is 27.7 Å². The molecule has 3 heterocycles. The Morgan fingerprint density at radius 1 is 1.33 bits per heavy atom. The molecule has 1 saturated heterocycles. The van der Waals surface area contributed by atoms with E-state index in [-0.39, 0.29) is 11.9 Å². The summed E-state index contributed by atoms with van der Waals surface area (Å²) in [4.78, 5) is 19.7. The largest absolute Gasteiger partial charge is 0.336 e. The van der Waals surface area contributed by atoms with E-state index in [2.05, 4.69) is 27.8 Å². The third-order valence-corrected chi connectivity index (χ3v) is 5.00. The summed E-state index contributed by atoms with van der Waals surface area (Å²) in [6.07, 6.45) is 0.963. The highest BCUT2D eigenvalue weighted by molar-refractivity contribution is 7.13. The summed E-state index contributed by atoms with van der Waals surface area (Å²) in [5.74, 6) is 0.113. The Kier molecular flexibility index (Phi) is 3.57. The van der Waals surface area contributed by atoms with Crippen LogP contribution in [0.4, 0.5) is 0 Å². The van der Waals surface area contributed by atoms with Gasteiger partial charge in [-0.2, -0.15) is 5.10 Å². The molecule has 0 aromatic carbocycles. The van der Waals surface area contributed by atoms with Gasteiger partial charge in [0.1, 0.15) is 4.88 Å². The molecule has 1 fully saturated rings. The van der Waals surface area contributed by atoms with Gasteiger partial charge in [-0.05, 0) is 40.2 Å². The first kappa shape index (κ1) is 14.3. The molecule has 5 nitrogen and oxygen atoms in total. The molecule has 6 heteroatoms. The van der Waals surface area contributed by atoms with Crippen LogP contribution in [0.5, 0.6) is 0 Å². The second-order valence-corrected chi connectivity index (χ2v) is 6.92. The summed E-state index contributed by atoms with van der Waals surface area (Å²) < 4.78 is 2.06. The second-order valence-electron chi connectivity index (χ2n) is 5.71. The third kappa shape index (κ3) is 2.60. The minimum Gasteiger partial charge on any atom is -0.336 e. The number of aromatic nitrogens is 3. The zero-order chi connectivity index (χ0) is 15.1. The zero-order valence-electron chi connectivity index (χ0n) is 12.9. The van der Waals surface area contributed by atoms with E-state index in [1.165, 1.54) is 11.3 Å². The summed E-state index contributed by atoms with van der Waals surface area (Å²) in [7, 11) is 0. The van der Waals surface area contributed by atoms with E-state index in [1.54, 1.807) is 0 Å². The van der Waals surface area contributed by atoms with Crippen LogP contribution in [0.3, 0.4) is 0 Å². The van der Waals surface area contributed by atoms with E-state index in [4.69, 9.17) is 0 Å². The monoisotopic (exact) mass is 304 g/mol. The van der Waals surface area contributed by atoms with E-state index >= 15 is 0 Å². The SMILES string of the molecule is Cc1cc(C)n(C2CCN(C(=O)c3sc(C)nc3C)C2)n1. The maximum atomic E-state index is 12.6. The van der Waals surface area contributed by atoms with Crippen LogP contribution in [0.15, 0.2) is 6.07 Å². The molecule has 1 unspecified atom stereocenters. The molecule has 0 radical (unpaired) electrons. The predicted octanol–water partition coefficient (Wildman–Crippen LogP) is 2.66. The molecule has 0 spiro atoms. The van der Waals surface area contributed by atoms with Gasteiger partial charge in [0.25, 0.3) is 5.91 Å². The fourth-order valence-electron chi connectivity index (χ4n) is 3.01. The van der Waals surface area contributed by atoms with Gasteiger partial charge in [0.05, 0.1) is 22.4 Å². The van der Waals surface area contributed by atoms with Crippen molar-refractivity contribution in [1.82, 2.24) is 19.7 Å². The van der Waals surface area contributed by atoms with E-state index in [0.29, 0.717) is 0 Å². The Balaban J connectivity index is 1.76. The van der Waals surface area contributed by atoms with E-state index in [9.17, 15) is 4.79 Å². The second kappa shape index (κ2) is 5.26. The van der Waals surface area contributed by atoms with E-state index in [1.807, 2.05) is 25.7 Å². The molecular weight excluding hydrogens is 284 g/mol. The number of hydrogen-bond donors (Lipinski definition) is 0. The summed E-state index contributed by atoms with van der Waals surface area (Å²) in [6.45, 7) is 9.45. The number of nitrogens with zero attached hydrogens (tertiary/aromatic N) is 4. The Bertz CT molecular complexity index is 688. The molecular formula is C15H20N4OS. The number of carbonyl (C=O) groups excluding carboxylic acids is 1. The summed E-state index contributed by atoms with van der Waals surface area (Å²) in [5, 5.41) is 5.50. The fraction of sp³-hybridized carbons (Fsp3) is 0.533. The van der Waals surface area contributed by atoms with Crippen LogP contribution in [0.25, 0.3) is 0 Å². The van der Waals surface area contributed by atoms with Crippen molar-refractivity contribution in [2.24, 2.45) is 0 Å². The Morgan fingerprint density at radius 2 is 2.10 bits per heavy atom. The average Bonchev–Trinajstić information content (AvgIpc) is 3.08. The molecule has 1 aliphatic rings. The predicted molar refractivity (Wildman–Crippen MR) is 82.8 cm³/mol. The normalized spacial score (nSPS) is 18.5. The molecule has 0 saturated carbocycles. The van der Waals surface area contributed by atoms with Crippen LogP contribution in [-0.2, 0) is 0 Å². The number of aryl methyl sites for hydroxylation is 4. The van der Waals surface area contributed by atoms with Gasteiger partial charge in [-0.1, -0.05) is 0 Å². The minimum atomic E-state index is 0.113. The van der Waals surface area contributed by atoms with Gasteiger partial charge in [0.15, 0.2) is 0 Å². The smallest absolute Gasteiger partial charge is 0.265 e. The first-order valence-corrected chi connectivity index (χ1v) is 8.03. The van der Waals surface area contributed by atoms with Gasteiger partial charge >= 0.3 is 0 Å². The van der Waals surface area contributed by atoms with Crippen molar-refractivity contribution in [2.75, 3.05) is 13.1 Å². The molecule has 1 amide bonds. The topological polar surface area (TPSA) is 51.0 Å². The molecule has 1 atom stereocenters. The number of carbonyl (C=O) groups is 1. The first-order valence-electron chi connectivity index (χ1n) is 7.21.